The topological polar surface area (TPSA) is 69.0 Å². The van der Waals surface area contributed by atoms with E-state index in [0.717, 1.165) is 11.1 Å². The minimum Gasteiger partial charge on any atom is -0.493 e. The lowest BCUT2D eigenvalue weighted by atomic mass is 9.97. The SMILES string of the molecule is COc1ccc(C2c3c(oc4ccccc4c3=O)C(=O)N2Cc2ccc(Cl)cc2)cc1OC. The molecule has 0 saturated carbocycles. The van der Waals surface area contributed by atoms with E-state index in [-0.39, 0.29) is 23.6 Å². The summed E-state index contributed by atoms with van der Waals surface area (Å²) in [7, 11) is 3.10. The van der Waals surface area contributed by atoms with Gasteiger partial charge in [-0.1, -0.05) is 41.9 Å². The molecule has 0 N–H and O–H groups in total. The van der Waals surface area contributed by atoms with E-state index in [1.807, 2.05) is 18.2 Å². The number of fused-ring (bicyclic) bond motifs is 2. The third kappa shape index (κ3) is 3.52. The number of amides is 1. The van der Waals surface area contributed by atoms with E-state index in [1.165, 1.54) is 0 Å². The first kappa shape index (κ1) is 21.1. The summed E-state index contributed by atoms with van der Waals surface area (Å²) in [6.45, 7) is 0.273. The van der Waals surface area contributed by atoms with Crippen molar-refractivity contribution in [2.75, 3.05) is 14.2 Å². The summed E-state index contributed by atoms with van der Waals surface area (Å²) in [5.74, 6) is 0.781. The Balaban J connectivity index is 1.72. The number of hydrogen-bond donors (Lipinski definition) is 0. The van der Waals surface area contributed by atoms with Gasteiger partial charge in [-0.3, -0.25) is 9.59 Å². The van der Waals surface area contributed by atoms with Crippen LogP contribution in [0.5, 0.6) is 11.5 Å². The summed E-state index contributed by atoms with van der Waals surface area (Å²) in [5.41, 5.74) is 2.08. The minimum atomic E-state index is -0.649. The summed E-state index contributed by atoms with van der Waals surface area (Å²) in [4.78, 5) is 28.7. The van der Waals surface area contributed by atoms with Crippen molar-refractivity contribution in [3.63, 3.8) is 0 Å². The fourth-order valence-electron chi connectivity index (χ4n) is 4.29. The van der Waals surface area contributed by atoms with Gasteiger partial charge in [0.2, 0.25) is 5.76 Å². The zero-order valence-corrected chi connectivity index (χ0v) is 18.8. The second kappa shape index (κ2) is 8.30. The Bertz CT molecular complexity index is 1430. The average Bonchev–Trinajstić information content (AvgIpc) is 3.12. The van der Waals surface area contributed by atoms with Crippen LogP contribution in [0, 0.1) is 0 Å². The summed E-state index contributed by atoms with van der Waals surface area (Å²) in [6.07, 6.45) is 0. The lowest BCUT2D eigenvalue weighted by molar-refractivity contribution is 0.0714. The van der Waals surface area contributed by atoms with Crippen LogP contribution in [-0.4, -0.2) is 25.0 Å². The smallest absolute Gasteiger partial charge is 0.291 e. The zero-order valence-electron chi connectivity index (χ0n) is 18.0. The minimum absolute atomic E-state index is 0.0625. The molecule has 33 heavy (non-hydrogen) atoms. The number of methoxy groups -OCH3 is 2. The highest BCUT2D eigenvalue weighted by Crippen LogP contribution is 2.41. The molecule has 7 heteroatoms. The van der Waals surface area contributed by atoms with E-state index < -0.39 is 6.04 Å². The monoisotopic (exact) mass is 461 g/mol. The van der Waals surface area contributed by atoms with Crippen LogP contribution in [0.3, 0.4) is 0 Å². The van der Waals surface area contributed by atoms with Crippen molar-refractivity contribution < 1.29 is 18.7 Å². The fraction of sp³-hybridized carbons (Fsp3) is 0.154. The second-order valence-corrected chi connectivity index (χ2v) is 8.18. The molecule has 5 rings (SSSR count). The molecule has 1 unspecified atom stereocenters. The van der Waals surface area contributed by atoms with E-state index in [2.05, 4.69) is 0 Å². The molecule has 6 nitrogen and oxygen atoms in total. The molecule has 4 aromatic rings. The largest absolute Gasteiger partial charge is 0.493 e. The summed E-state index contributed by atoms with van der Waals surface area (Å²) in [5, 5.41) is 1.04. The Morgan fingerprint density at radius 3 is 2.39 bits per heavy atom. The molecular weight excluding hydrogens is 442 g/mol. The molecule has 1 amide bonds. The van der Waals surface area contributed by atoms with Gasteiger partial charge in [0.25, 0.3) is 5.91 Å². The fourth-order valence-corrected chi connectivity index (χ4v) is 4.41. The molecule has 1 aromatic heterocycles. The van der Waals surface area contributed by atoms with Gasteiger partial charge in [0.15, 0.2) is 16.9 Å². The predicted octanol–water partition coefficient (Wildman–Crippen LogP) is 5.21. The first-order chi connectivity index (χ1) is 16.0. The van der Waals surface area contributed by atoms with Crippen LogP contribution in [0.4, 0.5) is 0 Å². The van der Waals surface area contributed by atoms with E-state index in [9.17, 15) is 9.59 Å². The van der Waals surface area contributed by atoms with Gasteiger partial charge < -0.3 is 18.8 Å². The van der Waals surface area contributed by atoms with Crippen LogP contribution < -0.4 is 14.9 Å². The van der Waals surface area contributed by atoms with E-state index in [1.54, 1.807) is 67.7 Å². The highest BCUT2D eigenvalue weighted by Gasteiger charge is 2.43. The van der Waals surface area contributed by atoms with E-state index >= 15 is 0 Å². The van der Waals surface area contributed by atoms with E-state index in [0.29, 0.717) is 33.1 Å². The molecule has 2 heterocycles. The summed E-state index contributed by atoms with van der Waals surface area (Å²) in [6, 6.07) is 18.9. The van der Waals surface area contributed by atoms with Crippen molar-refractivity contribution in [2.24, 2.45) is 0 Å². The Kier molecular flexibility index (Phi) is 5.30. The molecule has 0 saturated heterocycles. The quantitative estimate of drug-likeness (QED) is 0.408. The van der Waals surface area contributed by atoms with Gasteiger partial charge in [0.05, 0.1) is 31.2 Å². The highest BCUT2D eigenvalue weighted by molar-refractivity contribution is 6.30. The number of nitrogens with zero attached hydrogens (tertiary/aromatic N) is 1. The molecule has 0 bridgehead atoms. The molecule has 3 aromatic carbocycles. The van der Waals surface area contributed by atoms with Gasteiger partial charge in [0.1, 0.15) is 5.58 Å². The Morgan fingerprint density at radius 1 is 0.939 bits per heavy atom. The van der Waals surface area contributed by atoms with Crippen LogP contribution in [0.1, 0.15) is 33.3 Å². The third-order valence-electron chi connectivity index (χ3n) is 5.86. The van der Waals surface area contributed by atoms with Crippen LogP contribution >= 0.6 is 11.6 Å². The third-order valence-corrected chi connectivity index (χ3v) is 6.11. The normalized spacial score (nSPS) is 15.1. The summed E-state index contributed by atoms with van der Waals surface area (Å²) < 4.78 is 16.8. The lowest BCUT2D eigenvalue weighted by Crippen LogP contribution is -2.29. The predicted molar refractivity (Wildman–Crippen MR) is 125 cm³/mol. The van der Waals surface area contributed by atoms with E-state index in [4.69, 9.17) is 25.5 Å². The average molecular weight is 462 g/mol. The van der Waals surface area contributed by atoms with Crippen LogP contribution in [-0.2, 0) is 6.54 Å². The molecule has 1 aliphatic rings. The lowest BCUT2D eigenvalue weighted by Gasteiger charge is -2.26. The van der Waals surface area contributed by atoms with Gasteiger partial charge in [-0.25, -0.2) is 0 Å². The van der Waals surface area contributed by atoms with Gasteiger partial charge >= 0.3 is 0 Å². The molecule has 0 aliphatic carbocycles. The summed E-state index contributed by atoms with van der Waals surface area (Å²) >= 11 is 6.03. The molecular formula is C26H20ClNO5. The van der Waals surface area contributed by atoms with Gasteiger partial charge in [0, 0.05) is 11.6 Å². The maximum atomic E-state index is 13.6. The van der Waals surface area contributed by atoms with Crippen molar-refractivity contribution in [3.8, 4) is 11.5 Å². The number of para-hydroxylation sites is 1. The maximum absolute atomic E-state index is 13.6. The highest BCUT2D eigenvalue weighted by atomic mass is 35.5. The van der Waals surface area contributed by atoms with Crippen molar-refractivity contribution in [3.05, 3.63) is 104 Å². The number of benzene rings is 3. The van der Waals surface area contributed by atoms with Crippen LogP contribution in [0.25, 0.3) is 11.0 Å². The molecule has 166 valence electrons. The molecule has 0 spiro atoms. The number of carbonyl (C=O) groups is 1. The van der Waals surface area contributed by atoms with Gasteiger partial charge in [-0.2, -0.15) is 0 Å². The Hall–Kier alpha value is -3.77. The Labute approximate surface area is 194 Å². The zero-order chi connectivity index (χ0) is 23.1. The number of hydrogen-bond acceptors (Lipinski definition) is 5. The van der Waals surface area contributed by atoms with Crippen molar-refractivity contribution in [1.82, 2.24) is 4.90 Å². The van der Waals surface area contributed by atoms with Crippen molar-refractivity contribution in [1.29, 1.82) is 0 Å². The standard InChI is InChI=1S/C26H20ClNO5/c1-31-20-12-9-16(13-21(20)32-2)23-22-24(29)18-5-3-4-6-19(18)33-25(22)26(30)28(23)14-15-7-10-17(27)11-8-15/h3-13,23H,14H2,1-2H3. The maximum Gasteiger partial charge on any atom is 0.291 e. The number of carbonyl (C=O) groups excluding carboxylic acids is 1. The second-order valence-electron chi connectivity index (χ2n) is 7.75. The van der Waals surface area contributed by atoms with Crippen LogP contribution in [0.2, 0.25) is 5.02 Å². The molecule has 1 aliphatic heterocycles. The number of halogens is 1. The van der Waals surface area contributed by atoms with Gasteiger partial charge in [-0.15, -0.1) is 0 Å². The molecule has 1 atom stereocenters. The number of rotatable bonds is 5. The molecule has 0 radical (unpaired) electrons. The Morgan fingerprint density at radius 2 is 1.67 bits per heavy atom. The molecule has 0 fully saturated rings. The number of ether oxygens (including phenoxy) is 2. The van der Waals surface area contributed by atoms with Crippen molar-refractivity contribution >= 4 is 28.5 Å². The van der Waals surface area contributed by atoms with Crippen molar-refractivity contribution in [2.45, 2.75) is 12.6 Å². The van der Waals surface area contributed by atoms with Gasteiger partial charge in [-0.05, 0) is 47.5 Å². The first-order valence-corrected chi connectivity index (χ1v) is 10.7. The van der Waals surface area contributed by atoms with Crippen LogP contribution in [0.15, 0.2) is 75.9 Å². The first-order valence-electron chi connectivity index (χ1n) is 10.3.